The summed E-state index contributed by atoms with van der Waals surface area (Å²) >= 11 is 5.97. The van der Waals surface area contributed by atoms with Crippen LogP contribution in [-0.4, -0.2) is 28.5 Å². The fourth-order valence-corrected chi connectivity index (χ4v) is 3.17. The Morgan fingerprint density at radius 1 is 1.32 bits per heavy atom. The summed E-state index contributed by atoms with van der Waals surface area (Å²) in [6, 6.07) is 4.62. The molecular formula is C15H16ClN3O3. The molecule has 2 unspecified atom stereocenters. The highest BCUT2D eigenvalue weighted by atomic mass is 35.5. The average Bonchev–Trinajstić information content (AvgIpc) is 2.70. The number of hydrogen-bond donors (Lipinski definition) is 3. The molecule has 22 heavy (non-hydrogen) atoms. The van der Waals surface area contributed by atoms with Gasteiger partial charge in [0.05, 0.1) is 24.2 Å². The number of phenols is 1. The van der Waals surface area contributed by atoms with E-state index in [2.05, 4.69) is 5.32 Å². The summed E-state index contributed by atoms with van der Waals surface area (Å²) in [5, 5.41) is 13.3. The van der Waals surface area contributed by atoms with Gasteiger partial charge < -0.3 is 16.2 Å². The second-order valence-corrected chi connectivity index (χ2v) is 6.01. The van der Waals surface area contributed by atoms with Crippen molar-refractivity contribution in [3.63, 3.8) is 0 Å². The van der Waals surface area contributed by atoms with Crippen molar-refractivity contribution in [2.75, 3.05) is 17.7 Å². The van der Waals surface area contributed by atoms with E-state index in [-0.39, 0.29) is 36.1 Å². The topological polar surface area (TPSA) is 95.7 Å². The molecule has 1 aliphatic heterocycles. The van der Waals surface area contributed by atoms with E-state index in [1.54, 1.807) is 18.2 Å². The molecule has 0 bridgehead atoms. The van der Waals surface area contributed by atoms with Gasteiger partial charge in [0.1, 0.15) is 5.75 Å². The van der Waals surface area contributed by atoms with Gasteiger partial charge in [-0.3, -0.25) is 14.5 Å². The maximum atomic E-state index is 12.4. The van der Waals surface area contributed by atoms with Crippen LogP contribution in [0.1, 0.15) is 12.8 Å². The minimum Gasteiger partial charge on any atom is -0.506 e. The third-order valence-electron chi connectivity index (χ3n) is 4.11. The number of allylic oxidation sites excluding steroid dienone is 2. The number of likely N-dealkylation sites (tertiary alicyclic amines) is 1. The highest BCUT2D eigenvalue weighted by Gasteiger charge is 2.48. The number of amides is 2. The van der Waals surface area contributed by atoms with Crippen LogP contribution < -0.4 is 11.1 Å². The molecule has 4 N–H and O–H groups in total. The fourth-order valence-electron chi connectivity index (χ4n) is 2.91. The number of carbonyl (C=O) groups excluding carboxylic acids is 2. The van der Waals surface area contributed by atoms with E-state index in [0.717, 1.165) is 0 Å². The second-order valence-electron chi connectivity index (χ2n) is 5.52. The number of nitrogens with zero attached hydrogens (tertiary/aromatic N) is 1. The first-order chi connectivity index (χ1) is 10.5. The Hall–Kier alpha value is -2.21. The molecule has 0 saturated carbocycles. The summed E-state index contributed by atoms with van der Waals surface area (Å²) in [6.07, 6.45) is 2.72. The van der Waals surface area contributed by atoms with Gasteiger partial charge in [-0.25, -0.2) is 0 Å². The number of benzene rings is 1. The summed E-state index contributed by atoms with van der Waals surface area (Å²) < 4.78 is 0. The molecule has 2 amide bonds. The first-order valence-corrected chi connectivity index (χ1v) is 7.37. The number of halogens is 1. The molecule has 0 spiro atoms. The number of nitrogen functional groups attached to an aromatic ring is 1. The van der Waals surface area contributed by atoms with Crippen molar-refractivity contribution < 1.29 is 14.7 Å². The molecule has 0 aromatic heterocycles. The predicted molar refractivity (Wildman–Crippen MR) is 83.0 cm³/mol. The maximum absolute atomic E-state index is 12.4. The third-order valence-corrected chi connectivity index (χ3v) is 4.42. The quantitative estimate of drug-likeness (QED) is 0.448. The number of hydrogen-bond acceptors (Lipinski definition) is 5. The van der Waals surface area contributed by atoms with Gasteiger partial charge in [0.15, 0.2) is 0 Å². The zero-order chi connectivity index (χ0) is 15.9. The Bertz CT molecular complexity index is 674. The summed E-state index contributed by atoms with van der Waals surface area (Å²) in [7, 11) is 0. The van der Waals surface area contributed by atoms with Gasteiger partial charge in [-0.05, 0) is 25.0 Å². The van der Waals surface area contributed by atoms with Crippen LogP contribution >= 0.6 is 11.6 Å². The molecule has 2 aliphatic rings. The molecule has 1 aromatic rings. The smallest absolute Gasteiger partial charge is 0.234 e. The lowest BCUT2D eigenvalue weighted by atomic mass is 9.85. The van der Waals surface area contributed by atoms with E-state index < -0.39 is 0 Å². The molecule has 1 aromatic carbocycles. The molecule has 1 fully saturated rings. The minimum atomic E-state index is -0.369. The molecule has 1 saturated heterocycles. The lowest BCUT2D eigenvalue weighted by Gasteiger charge is -2.17. The van der Waals surface area contributed by atoms with E-state index >= 15 is 0 Å². The van der Waals surface area contributed by atoms with Gasteiger partial charge in [0, 0.05) is 16.8 Å². The Morgan fingerprint density at radius 2 is 2.05 bits per heavy atom. The second kappa shape index (κ2) is 5.53. The van der Waals surface area contributed by atoms with E-state index in [0.29, 0.717) is 29.2 Å². The number of imide groups is 1. The van der Waals surface area contributed by atoms with Crippen LogP contribution in [0.5, 0.6) is 5.75 Å². The van der Waals surface area contributed by atoms with Crippen molar-refractivity contribution >= 4 is 34.8 Å². The molecule has 1 heterocycles. The van der Waals surface area contributed by atoms with Crippen LogP contribution in [0.15, 0.2) is 29.3 Å². The van der Waals surface area contributed by atoms with Gasteiger partial charge in [0.25, 0.3) is 0 Å². The molecule has 116 valence electrons. The summed E-state index contributed by atoms with van der Waals surface area (Å²) in [6.45, 7) is 0.0137. The number of carbonyl (C=O) groups is 2. The number of phenolic OH excluding ortho intramolecular Hbond substituents is 1. The Kier molecular flexibility index (Phi) is 3.70. The van der Waals surface area contributed by atoms with Crippen LogP contribution in [0.3, 0.4) is 0 Å². The third kappa shape index (κ3) is 2.50. The number of rotatable bonds is 3. The molecule has 0 radical (unpaired) electrons. The fraction of sp³-hybridized carbons (Fsp3) is 0.333. The molecule has 1 aliphatic carbocycles. The first kappa shape index (κ1) is 14.7. The van der Waals surface area contributed by atoms with Crippen LogP contribution in [0.4, 0.5) is 11.4 Å². The van der Waals surface area contributed by atoms with Crippen molar-refractivity contribution in [3.05, 3.63) is 29.3 Å². The standard InChI is InChI=1S/C15H16ClN3O3/c16-8-1-3-10-11(5-8)15(22)19(14(10)21)7-18-12-4-2-9(17)6-13(12)20/h1-2,4,6,10-11,18,20H,3,5,7,17H2. The molecule has 7 heteroatoms. The lowest BCUT2D eigenvalue weighted by molar-refractivity contribution is -0.139. The van der Waals surface area contributed by atoms with Crippen molar-refractivity contribution in [2.45, 2.75) is 12.8 Å². The molecular weight excluding hydrogens is 306 g/mol. The van der Waals surface area contributed by atoms with Crippen molar-refractivity contribution in [1.82, 2.24) is 4.90 Å². The summed E-state index contributed by atoms with van der Waals surface area (Å²) in [4.78, 5) is 25.9. The average molecular weight is 322 g/mol. The van der Waals surface area contributed by atoms with E-state index in [1.807, 2.05) is 0 Å². The number of aromatic hydroxyl groups is 1. The number of nitrogens with two attached hydrogens (primary N) is 1. The number of anilines is 2. The SMILES string of the molecule is Nc1ccc(NCN2C(=O)C3CC=C(Cl)CC3C2=O)c(O)c1. The maximum Gasteiger partial charge on any atom is 0.234 e. The van der Waals surface area contributed by atoms with Crippen molar-refractivity contribution in [1.29, 1.82) is 0 Å². The zero-order valence-electron chi connectivity index (χ0n) is 11.8. The van der Waals surface area contributed by atoms with E-state index in [9.17, 15) is 14.7 Å². The number of fused-ring (bicyclic) bond motifs is 1. The van der Waals surface area contributed by atoms with Gasteiger partial charge in [-0.1, -0.05) is 17.7 Å². The van der Waals surface area contributed by atoms with Crippen molar-refractivity contribution in [2.24, 2.45) is 11.8 Å². The van der Waals surface area contributed by atoms with Gasteiger partial charge in [-0.2, -0.15) is 0 Å². The van der Waals surface area contributed by atoms with Crippen LogP contribution in [-0.2, 0) is 9.59 Å². The van der Waals surface area contributed by atoms with E-state index in [4.69, 9.17) is 17.3 Å². The zero-order valence-corrected chi connectivity index (χ0v) is 12.5. The number of nitrogens with one attached hydrogen (secondary N) is 1. The first-order valence-electron chi connectivity index (χ1n) is 6.99. The minimum absolute atomic E-state index is 0.0137. The normalized spacial score (nSPS) is 24.2. The predicted octanol–water partition coefficient (Wildman–Crippen LogP) is 1.86. The molecule has 6 nitrogen and oxygen atoms in total. The van der Waals surface area contributed by atoms with Crippen LogP contribution in [0.2, 0.25) is 0 Å². The van der Waals surface area contributed by atoms with Gasteiger partial charge in [0.2, 0.25) is 11.8 Å². The molecule has 3 rings (SSSR count). The van der Waals surface area contributed by atoms with Gasteiger partial charge >= 0.3 is 0 Å². The Morgan fingerprint density at radius 3 is 2.77 bits per heavy atom. The van der Waals surface area contributed by atoms with Crippen molar-refractivity contribution in [3.8, 4) is 5.75 Å². The Labute approximate surface area is 132 Å². The highest BCUT2D eigenvalue weighted by molar-refractivity contribution is 6.30. The lowest BCUT2D eigenvalue weighted by Crippen LogP contribution is -2.35. The van der Waals surface area contributed by atoms with Crippen LogP contribution in [0.25, 0.3) is 0 Å². The van der Waals surface area contributed by atoms with Crippen LogP contribution in [0, 0.1) is 11.8 Å². The largest absolute Gasteiger partial charge is 0.506 e. The van der Waals surface area contributed by atoms with Gasteiger partial charge in [-0.15, -0.1) is 0 Å². The molecule has 2 atom stereocenters. The van der Waals surface area contributed by atoms with E-state index in [1.165, 1.54) is 11.0 Å². The Balaban J connectivity index is 1.71. The summed E-state index contributed by atoms with van der Waals surface area (Å²) in [5.41, 5.74) is 6.41. The summed E-state index contributed by atoms with van der Waals surface area (Å²) in [5.74, 6) is -1.13. The highest BCUT2D eigenvalue weighted by Crippen LogP contribution is 2.38. The monoisotopic (exact) mass is 321 g/mol.